The lowest BCUT2D eigenvalue weighted by Gasteiger charge is -2.09. The zero-order valence-electron chi connectivity index (χ0n) is 11.4. The molecule has 1 amide bonds. The molecule has 6 nitrogen and oxygen atoms in total. The van der Waals surface area contributed by atoms with Gasteiger partial charge >= 0.3 is 11.8 Å². The maximum Gasteiger partial charge on any atom is 0.412 e. The Bertz CT molecular complexity index is 753. The average molecular weight is 326 g/mol. The van der Waals surface area contributed by atoms with Gasteiger partial charge in [-0.1, -0.05) is 30.3 Å². The van der Waals surface area contributed by atoms with Gasteiger partial charge in [0.2, 0.25) is 11.6 Å². The predicted octanol–water partition coefficient (Wildman–Crippen LogP) is 3.76. The molecule has 0 bridgehead atoms. The first-order chi connectivity index (χ1) is 10.9. The topological polar surface area (TPSA) is 81.5 Å². The standard InChI is InChI=1S/C14H9F3N2O4/c15-11-9(6-10(19(21)22)12(16)13(11)17)18-14(20)23-7-8-4-2-1-3-5-8/h1-6H,7H2,(H,18,20). The predicted molar refractivity (Wildman–Crippen MR) is 73.2 cm³/mol. The fraction of sp³-hybridized carbons (Fsp3) is 0.0714. The molecule has 0 aliphatic heterocycles. The number of nitrogens with one attached hydrogen (secondary N) is 1. The molecule has 0 fully saturated rings. The average Bonchev–Trinajstić information content (AvgIpc) is 2.54. The molecular formula is C14H9F3N2O4. The Morgan fingerprint density at radius 2 is 1.78 bits per heavy atom. The summed E-state index contributed by atoms with van der Waals surface area (Å²) in [7, 11) is 0. The Balaban J connectivity index is 2.13. The number of amides is 1. The van der Waals surface area contributed by atoms with Crippen molar-refractivity contribution in [3.63, 3.8) is 0 Å². The zero-order chi connectivity index (χ0) is 17.0. The highest BCUT2D eigenvalue weighted by atomic mass is 19.2. The number of carbonyl (C=O) groups is 1. The number of nitrogens with zero attached hydrogens (tertiary/aromatic N) is 1. The highest BCUT2D eigenvalue weighted by Crippen LogP contribution is 2.28. The molecular weight excluding hydrogens is 317 g/mol. The van der Waals surface area contributed by atoms with Crippen LogP contribution >= 0.6 is 0 Å². The monoisotopic (exact) mass is 326 g/mol. The van der Waals surface area contributed by atoms with Gasteiger partial charge in [-0.2, -0.15) is 4.39 Å². The molecule has 0 saturated heterocycles. The van der Waals surface area contributed by atoms with E-state index < -0.39 is 39.8 Å². The minimum Gasteiger partial charge on any atom is -0.444 e. The van der Waals surface area contributed by atoms with Gasteiger partial charge in [0, 0.05) is 6.07 Å². The number of nitro groups is 1. The van der Waals surface area contributed by atoms with Crippen molar-refractivity contribution in [3.8, 4) is 0 Å². The summed E-state index contributed by atoms with van der Waals surface area (Å²) in [5.74, 6) is -5.77. The van der Waals surface area contributed by atoms with Crippen LogP contribution in [-0.2, 0) is 11.3 Å². The molecule has 9 heteroatoms. The van der Waals surface area contributed by atoms with Crippen LogP contribution in [0.3, 0.4) is 0 Å². The highest BCUT2D eigenvalue weighted by molar-refractivity contribution is 5.85. The van der Waals surface area contributed by atoms with E-state index in [0.717, 1.165) is 0 Å². The number of hydrogen-bond donors (Lipinski definition) is 1. The lowest BCUT2D eigenvalue weighted by molar-refractivity contribution is -0.387. The smallest absolute Gasteiger partial charge is 0.412 e. The maximum atomic E-state index is 13.5. The number of nitro benzene ring substituents is 1. The number of halogens is 3. The van der Waals surface area contributed by atoms with Gasteiger partial charge in [0.25, 0.3) is 0 Å². The molecule has 2 aromatic carbocycles. The van der Waals surface area contributed by atoms with Crippen molar-refractivity contribution in [2.24, 2.45) is 0 Å². The molecule has 0 aliphatic carbocycles. The maximum absolute atomic E-state index is 13.5. The van der Waals surface area contributed by atoms with Crippen LogP contribution in [0, 0.1) is 27.6 Å². The van der Waals surface area contributed by atoms with E-state index in [2.05, 4.69) is 0 Å². The molecule has 0 radical (unpaired) electrons. The van der Waals surface area contributed by atoms with Crippen molar-refractivity contribution in [2.45, 2.75) is 6.61 Å². The van der Waals surface area contributed by atoms with Gasteiger partial charge in [-0.3, -0.25) is 15.4 Å². The molecule has 0 aliphatic rings. The molecule has 2 rings (SSSR count). The summed E-state index contributed by atoms with van der Waals surface area (Å²) in [6.07, 6.45) is -1.17. The van der Waals surface area contributed by atoms with Crippen LogP contribution in [-0.4, -0.2) is 11.0 Å². The lowest BCUT2D eigenvalue weighted by Crippen LogP contribution is -2.16. The van der Waals surface area contributed by atoms with Gasteiger partial charge in [0.1, 0.15) is 6.61 Å². The second-order valence-corrected chi connectivity index (χ2v) is 4.33. The van der Waals surface area contributed by atoms with Crippen molar-refractivity contribution in [3.05, 3.63) is 69.5 Å². The quantitative estimate of drug-likeness (QED) is 0.527. The summed E-state index contributed by atoms with van der Waals surface area (Å²) >= 11 is 0. The second-order valence-electron chi connectivity index (χ2n) is 4.33. The van der Waals surface area contributed by atoms with Gasteiger partial charge in [0.05, 0.1) is 10.6 Å². The Labute approximate surface area is 127 Å². The van der Waals surface area contributed by atoms with Gasteiger partial charge in [-0.15, -0.1) is 0 Å². The molecule has 0 aromatic heterocycles. The minimum atomic E-state index is -2.06. The van der Waals surface area contributed by atoms with E-state index in [1.54, 1.807) is 35.6 Å². The van der Waals surface area contributed by atoms with E-state index in [9.17, 15) is 28.1 Å². The van der Waals surface area contributed by atoms with E-state index in [-0.39, 0.29) is 6.61 Å². The molecule has 0 heterocycles. The summed E-state index contributed by atoms with van der Waals surface area (Å²) in [6, 6.07) is 8.85. The number of benzene rings is 2. The Kier molecular flexibility index (Phi) is 4.79. The molecule has 1 N–H and O–H groups in total. The highest BCUT2D eigenvalue weighted by Gasteiger charge is 2.26. The Morgan fingerprint density at radius 1 is 1.13 bits per heavy atom. The first kappa shape index (κ1) is 16.3. The molecule has 0 unspecified atom stereocenters. The molecule has 0 saturated carbocycles. The van der Waals surface area contributed by atoms with Crippen LogP contribution in [0.15, 0.2) is 36.4 Å². The summed E-state index contributed by atoms with van der Waals surface area (Å²) in [5.41, 5.74) is -1.56. The summed E-state index contributed by atoms with van der Waals surface area (Å²) in [4.78, 5) is 20.9. The first-order valence-corrected chi connectivity index (χ1v) is 6.19. The normalized spacial score (nSPS) is 10.2. The summed E-state index contributed by atoms with van der Waals surface area (Å²) < 4.78 is 44.7. The van der Waals surface area contributed by atoms with Crippen molar-refractivity contribution in [1.82, 2.24) is 0 Å². The SMILES string of the molecule is O=C(Nc1cc([N+](=O)[O-])c(F)c(F)c1F)OCc1ccccc1. The molecule has 0 atom stereocenters. The van der Waals surface area contributed by atoms with Crippen LogP contribution in [0.1, 0.15) is 5.56 Å². The van der Waals surface area contributed by atoms with Crippen molar-refractivity contribution >= 4 is 17.5 Å². The van der Waals surface area contributed by atoms with Crippen molar-refractivity contribution < 1.29 is 27.6 Å². The fourth-order valence-corrected chi connectivity index (χ4v) is 1.68. The second kappa shape index (κ2) is 6.77. The number of ether oxygens (including phenoxy) is 1. The van der Waals surface area contributed by atoms with Gasteiger partial charge in [-0.25, -0.2) is 13.6 Å². The molecule has 2 aromatic rings. The third kappa shape index (κ3) is 3.76. The van der Waals surface area contributed by atoms with E-state index in [1.807, 2.05) is 0 Å². The van der Waals surface area contributed by atoms with E-state index in [4.69, 9.17) is 4.74 Å². The number of anilines is 1. The van der Waals surface area contributed by atoms with E-state index in [0.29, 0.717) is 11.6 Å². The van der Waals surface area contributed by atoms with Crippen LogP contribution < -0.4 is 5.32 Å². The molecule has 120 valence electrons. The summed E-state index contributed by atoms with van der Waals surface area (Å²) in [5, 5.41) is 12.4. The van der Waals surface area contributed by atoms with Crippen molar-refractivity contribution in [1.29, 1.82) is 0 Å². The van der Waals surface area contributed by atoms with Gasteiger partial charge < -0.3 is 4.74 Å². The fourth-order valence-electron chi connectivity index (χ4n) is 1.68. The van der Waals surface area contributed by atoms with Crippen LogP contribution in [0.25, 0.3) is 0 Å². The van der Waals surface area contributed by atoms with Crippen LogP contribution in [0.4, 0.5) is 29.3 Å². The Morgan fingerprint density at radius 3 is 2.39 bits per heavy atom. The minimum absolute atomic E-state index is 0.153. The number of carbonyl (C=O) groups excluding carboxylic acids is 1. The lowest BCUT2D eigenvalue weighted by atomic mass is 10.2. The number of hydrogen-bond acceptors (Lipinski definition) is 4. The zero-order valence-corrected chi connectivity index (χ0v) is 11.4. The Hall–Kier alpha value is -3.10. The summed E-state index contributed by atoms with van der Waals surface area (Å²) in [6.45, 7) is -0.153. The molecule has 0 spiro atoms. The molecule has 23 heavy (non-hydrogen) atoms. The largest absolute Gasteiger partial charge is 0.444 e. The first-order valence-electron chi connectivity index (χ1n) is 6.19. The van der Waals surface area contributed by atoms with Gasteiger partial charge in [0.15, 0.2) is 5.82 Å². The third-order valence-corrected chi connectivity index (χ3v) is 2.77. The van der Waals surface area contributed by atoms with Crippen LogP contribution in [0.5, 0.6) is 0 Å². The number of rotatable bonds is 4. The van der Waals surface area contributed by atoms with Crippen molar-refractivity contribution in [2.75, 3.05) is 5.32 Å². The van der Waals surface area contributed by atoms with E-state index in [1.165, 1.54) is 0 Å². The van der Waals surface area contributed by atoms with Crippen LogP contribution in [0.2, 0.25) is 0 Å². The third-order valence-electron chi connectivity index (χ3n) is 2.77. The van der Waals surface area contributed by atoms with E-state index >= 15 is 0 Å². The van der Waals surface area contributed by atoms with Gasteiger partial charge in [-0.05, 0) is 5.56 Å².